The fourth-order valence-electron chi connectivity index (χ4n) is 2.50. The molecule has 0 unspecified atom stereocenters. The van der Waals surface area contributed by atoms with Gasteiger partial charge in [0.05, 0.1) is 26.6 Å². The lowest BCUT2D eigenvalue weighted by Crippen LogP contribution is -2.18. The van der Waals surface area contributed by atoms with E-state index in [2.05, 4.69) is 10.3 Å². The molecule has 0 fully saturated rings. The van der Waals surface area contributed by atoms with Gasteiger partial charge >= 0.3 is 0 Å². The molecule has 134 valence electrons. The maximum absolute atomic E-state index is 13.9. The minimum atomic E-state index is -1.37. The van der Waals surface area contributed by atoms with Gasteiger partial charge in [0, 0.05) is 12.1 Å². The molecule has 0 saturated carbocycles. The number of aromatic amines is 1. The van der Waals surface area contributed by atoms with Crippen LogP contribution in [-0.2, 0) is 0 Å². The van der Waals surface area contributed by atoms with Gasteiger partial charge < -0.3 is 10.3 Å². The van der Waals surface area contributed by atoms with Gasteiger partial charge in [-0.3, -0.25) is 9.59 Å². The summed E-state index contributed by atoms with van der Waals surface area (Å²) in [5.74, 6) is -4.65. The molecule has 0 aliphatic carbocycles. The molecule has 4 nitrogen and oxygen atoms in total. The normalized spacial score (nSPS) is 11.0. The Morgan fingerprint density at radius 3 is 2.31 bits per heavy atom. The summed E-state index contributed by atoms with van der Waals surface area (Å²) in [4.78, 5) is 27.4. The van der Waals surface area contributed by atoms with E-state index in [1.165, 1.54) is 12.1 Å². The molecule has 0 amide bonds. The van der Waals surface area contributed by atoms with Gasteiger partial charge in [-0.15, -0.1) is 0 Å². The number of Topliss-reactive ketones (excluding diaryl/α,β-unsaturated/α-hetero) is 1. The van der Waals surface area contributed by atoms with Crippen LogP contribution in [0.3, 0.4) is 0 Å². The first kappa shape index (κ1) is 18.3. The first-order valence-electron chi connectivity index (χ1n) is 7.17. The minimum absolute atomic E-state index is 0.0133. The van der Waals surface area contributed by atoms with Crippen molar-refractivity contribution in [2.45, 2.75) is 6.92 Å². The molecule has 0 bridgehead atoms. The molecule has 3 aromatic rings. The third-order valence-electron chi connectivity index (χ3n) is 3.68. The Morgan fingerprint density at radius 1 is 1.04 bits per heavy atom. The average Bonchev–Trinajstić information content (AvgIpc) is 2.55. The molecule has 0 aliphatic heterocycles. The number of benzene rings is 2. The lowest BCUT2D eigenvalue weighted by atomic mass is 10.1. The maximum Gasteiger partial charge on any atom is 0.203 e. The van der Waals surface area contributed by atoms with Crippen molar-refractivity contribution in [3.8, 4) is 0 Å². The summed E-state index contributed by atoms with van der Waals surface area (Å²) < 4.78 is 40.4. The summed E-state index contributed by atoms with van der Waals surface area (Å²) in [6.07, 6.45) is 0. The van der Waals surface area contributed by atoms with Gasteiger partial charge in [-0.1, -0.05) is 23.2 Å². The highest BCUT2D eigenvalue weighted by atomic mass is 35.5. The largest absolute Gasteiger partial charge is 0.339 e. The molecular formula is C17H9Cl2F3N2O2. The second-order valence-electron chi connectivity index (χ2n) is 5.41. The van der Waals surface area contributed by atoms with Crippen LogP contribution >= 0.6 is 23.2 Å². The van der Waals surface area contributed by atoms with Gasteiger partial charge in [0.1, 0.15) is 17.2 Å². The minimum Gasteiger partial charge on any atom is -0.339 e. The SMILES string of the molecule is CC(=O)c1c(Nc2cc(F)c(F)cc2F)[nH]c2c(Cl)ccc(Cl)c2c1=O. The molecule has 0 atom stereocenters. The van der Waals surface area contributed by atoms with Crippen LogP contribution in [0.25, 0.3) is 10.9 Å². The number of H-pyrrole nitrogens is 1. The first-order chi connectivity index (χ1) is 12.2. The first-order valence-corrected chi connectivity index (χ1v) is 7.92. The average molecular weight is 401 g/mol. The van der Waals surface area contributed by atoms with Gasteiger partial charge in [-0.2, -0.15) is 0 Å². The number of anilines is 2. The van der Waals surface area contributed by atoms with Gasteiger partial charge in [-0.05, 0) is 19.1 Å². The number of halogens is 5. The number of hydrogen-bond acceptors (Lipinski definition) is 3. The van der Waals surface area contributed by atoms with Gasteiger partial charge in [-0.25, -0.2) is 13.2 Å². The number of carbonyl (C=O) groups is 1. The summed E-state index contributed by atoms with van der Waals surface area (Å²) >= 11 is 12.1. The second kappa shape index (κ2) is 6.66. The van der Waals surface area contributed by atoms with E-state index in [1.807, 2.05) is 0 Å². The molecule has 0 spiro atoms. The molecule has 0 saturated heterocycles. The second-order valence-corrected chi connectivity index (χ2v) is 6.23. The quantitative estimate of drug-likeness (QED) is 0.469. The number of aromatic nitrogens is 1. The fraction of sp³-hybridized carbons (Fsp3) is 0.0588. The third-order valence-corrected chi connectivity index (χ3v) is 4.31. The van der Waals surface area contributed by atoms with Crippen LogP contribution in [0, 0.1) is 17.5 Å². The van der Waals surface area contributed by atoms with Crippen molar-refractivity contribution in [1.29, 1.82) is 0 Å². The van der Waals surface area contributed by atoms with E-state index < -0.39 is 34.4 Å². The number of fused-ring (bicyclic) bond motifs is 1. The number of hydrogen-bond donors (Lipinski definition) is 2. The summed E-state index contributed by atoms with van der Waals surface area (Å²) in [7, 11) is 0. The van der Waals surface area contributed by atoms with Crippen molar-refractivity contribution in [2.24, 2.45) is 0 Å². The van der Waals surface area contributed by atoms with Crippen LogP contribution in [0.5, 0.6) is 0 Å². The Balaban J connectivity index is 2.31. The Hall–Kier alpha value is -2.51. The molecule has 0 radical (unpaired) electrons. The Bertz CT molecular complexity index is 1130. The number of rotatable bonds is 3. The van der Waals surface area contributed by atoms with E-state index in [4.69, 9.17) is 23.2 Å². The molecule has 1 aromatic heterocycles. The maximum atomic E-state index is 13.9. The predicted molar refractivity (Wildman–Crippen MR) is 94.2 cm³/mol. The standard InChI is InChI=1S/C17H9Cl2F3N2O2/c1-6(25)13-16(26)14-7(18)2-3-8(19)15(14)24-17(13)23-12-5-10(21)9(20)4-11(12)22/h2-5H,1H3,(H2,23,24,26). The van der Waals surface area contributed by atoms with Crippen LogP contribution < -0.4 is 10.7 Å². The highest BCUT2D eigenvalue weighted by Gasteiger charge is 2.20. The van der Waals surface area contributed by atoms with Gasteiger partial charge in [0.2, 0.25) is 5.43 Å². The molecule has 1 heterocycles. The zero-order valence-corrected chi connectivity index (χ0v) is 14.5. The smallest absolute Gasteiger partial charge is 0.203 e. The molecule has 2 aromatic carbocycles. The van der Waals surface area contributed by atoms with E-state index in [0.29, 0.717) is 12.1 Å². The summed E-state index contributed by atoms with van der Waals surface area (Å²) in [6.45, 7) is 1.13. The van der Waals surface area contributed by atoms with Gasteiger partial charge in [0.15, 0.2) is 17.4 Å². The topological polar surface area (TPSA) is 62.0 Å². The van der Waals surface area contributed by atoms with Crippen molar-refractivity contribution < 1.29 is 18.0 Å². The Morgan fingerprint density at radius 2 is 1.65 bits per heavy atom. The third kappa shape index (κ3) is 3.04. The van der Waals surface area contributed by atoms with E-state index in [-0.39, 0.29) is 32.3 Å². The van der Waals surface area contributed by atoms with E-state index in [0.717, 1.165) is 6.92 Å². The molecular weight excluding hydrogens is 392 g/mol. The van der Waals surface area contributed by atoms with Crippen LogP contribution in [0.1, 0.15) is 17.3 Å². The zero-order chi connectivity index (χ0) is 19.2. The molecule has 0 aliphatic rings. The Labute approximate surface area is 154 Å². The van der Waals surface area contributed by atoms with Crippen molar-refractivity contribution in [2.75, 3.05) is 5.32 Å². The molecule has 3 rings (SSSR count). The van der Waals surface area contributed by atoms with E-state index >= 15 is 0 Å². The number of pyridine rings is 1. The van der Waals surface area contributed by atoms with Crippen LogP contribution in [-0.4, -0.2) is 10.8 Å². The van der Waals surface area contributed by atoms with Crippen molar-refractivity contribution in [3.05, 3.63) is 67.5 Å². The highest BCUT2D eigenvalue weighted by Crippen LogP contribution is 2.30. The lowest BCUT2D eigenvalue weighted by Gasteiger charge is -2.14. The fourth-order valence-corrected chi connectivity index (χ4v) is 2.95. The lowest BCUT2D eigenvalue weighted by molar-refractivity contribution is 0.101. The van der Waals surface area contributed by atoms with Gasteiger partial charge in [0.25, 0.3) is 0 Å². The molecule has 26 heavy (non-hydrogen) atoms. The molecule has 2 N–H and O–H groups in total. The van der Waals surface area contributed by atoms with Crippen molar-refractivity contribution in [1.82, 2.24) is 4.98 Å². The van der Waals surface area contributed by atoms with E-state index in [9.17, 15) is 22.8 Å². The summed E-state index contributed by atoms with van der Waals surface area (Å²) in [6, 6.07) is 3.73. The number of carbonyl (C=O) groups excluding carboxylic acids is 1. The number of nitrogens with one attached hydrogen (secondary N) is 2. The summed E-state index contributed by atoms with van der Waals surface area (Å²) in [5, 5.41) is 2.60. The molecule has 9 heteroatoms. The van der Waals surface area contributed by atoms with Crippen molar-refractivity contribution in [3.63, 3.8) is 0 Å². The Kier molecular flexibility index (Phi) is 4.68. The zero-order valence-electron chi connectivity index (χ0n) is 13.0. The monoisotopic (exact) mass is 400 g/mol. The summed E-state index contributed by atoms with van der Waals surface area (Å²) in [5.41, 5.74) is -1.45. The van der Waals surface area contributed by atoms with E-state index in [1.54, 1.807) is 0 Å². The van der Waals surface area contributed by atoms with Crippen LogP contribution in [0.15, 0.2) is 29.1 Å². The van der Waals surface area contributed by atoms with Crippen molar-refractivity contribution >= 4 is 51.4 Å². The van der Waals surface area contributed by atoms with Crippen LogP contribution in [0.4, 0.5) is 24.7 Å². The number of ketones is 1. The predicted octanol–water partition coefficient (Wildman–Crippen LogP) is 5.20. The highest BCUT2D eigenvalue weighted by molar-refractivity contribution is 6.40. The van der Waals surface area contributed by atoms with Crippen LogP contribution in [0.2, 0.25) is 10.0 Å².